The van der Waals surface area contributed by atoms with Gasteiger partial charge in [0.25, 0.3) is 0 Å². The van der Waals surface area contributed by atoms with Crippen LogP contribution in [-0.2, 0) is 0 Å². The van der Waals surface area contributed by atoms with E-state index in [-0.39, 0.29) is 0 Å². The molecular formula is C10H18N4. The Morgan fingerprint density at radius 1 is 1.29 bits per heavy atom. The van der Waals surface area contributed by atoms with Gasteiger partial charge in [-0.1, -0.05) is 20.8 Å². The van der Waals surface area contributed by atoms with Crippen LogP contribution in [0.25, 0.3) is 0 Å². The number of rotatable bonds is 3. The average molecular weight is 194 g/mol. The minimum absolute atomic E-state index is 0.342. The minimum Gasteiger partial charge on any atom is -0.382 e. The van der Waals surface area contributed by atoms with E-state index in [1.165, 1.54) is 0 Å². The Labute approximate surface area is 84.9 Å². The summed E-state index contributed by atoms with van der Waals surface area (Å²) in [6.07, 6.45) is 1.10. The molecule has 14 heavy (non-hydrogen) atoms. The summed E-state index contributed by atoms with van der Waals surface area (Å²) in [5.41, 5.74) is 5.76. The average Bonchev–Trinajstić information content (AvgIpc) is 2.06. The Hall–Kier alpha value is -1.32. The van der Waals surface area contributed by atoms with Crippen molar-refractivity contribution < 1.29 is 0 Å². The molecule has 0 aromatic carbocycles. The fourth-order valence-electron chi connectivity index (χ4n) is 1.00. The number of hydrogen-bond donors (Lipinski definition) is 2. The van der Waals surface area contributed by atoms with Crippen LogP contribution >= 0.6 is 0 Å². The highest BCUT2D eigenvalue weighted by Crippen LogP contribution is 2.18. The molecule has 1 aromatic heterocycles. The summed E-state index contributed by atoms with van der Waals surface area (Å²) >= 11 is 0. The van der Waals surface area contributed by atoms with E-state index in [1.54, 1.807) is 6.07 Å². The lowest BCUT2D eigenvalue weighted by molar-refractivity contribution is 0.389. The smallest absolute Gasteiger partial charge is 0.148 e. The number of nitrogens with zero attached hydrogens (tertiary/aromatic N) is 2. The molecule has 1 aromatic rings. The van der Waals surface area contributed by atoms with Crippen molar-refractivity contribution in [3.05, 3.63) is 12.1 Å². The standard InChI is InChI=1S/C10H18N4/c1-10(2,3)6-7-12-9-5-4-8(11)13-14-9/h4-5H,6-7H2,1-3H3,(H2,11,13)(H,12,14). The van der Waals surface area contributed by atoms with E-state index in [1.807, 2.05) is 6.07 Å². The first-order chi connectivity index (χ1) is 6.47. The van der Waals surface area contributed by atoms with Crippen LogP contribution in [0, 0.1) is 5.41 Å². The lowest BCUT2D eigenvalue weighted by Crippen LogP contribution is -2.13. The number of anilines is 2. The third kappa shape index (κ3) is 4.07. The van der Waals surface area contributed by atoms with Crippen molar-refractivity contribution in [3.63, 3.8) is 0 Å². The van der Waals surface area contributed by atoms with Crippen LogP contribution in [0.2, 0.25) is 0 Å². The molecule has 0 fully saturated rings. The molecule has 0 bridgehead atoms. The van der Waals surface area contributed by atoms with E-state index in [0.717, 1.165) is 18.8 Å². The summed E-state index contributed by atoms with van der Waals surface area (Å²) in [7, 11) is 0. The first kappa shape index (κ1) is 10.8. The Morgan fingerprint density at radius 2 is 2.00 bits per heavy atom. The van der Waals surface area contributed by atoms with Gasteiger partial charge in [-0.2, -0.15) is 0 Å². The molecule has 0 saturated carbocycles. The predicted molar refractivity (Wildman–Crippen MR) is 59.0 cm³/mol. The van der Waals surface area contributed by atoms with Crippen LogP contribution in [0.5, 0.6) is 0 Å². The second-order valence-corrected chi connectivity index (χ2v) is 4.58. The third-order valence-electron chi connectivity index (χ3n) is 1.87. The maximum absolute atomic E-state index is 5.42. The van der Waals surface area contributed by atoms with Crippen LogP contribution in [-0.4, -0.2) is 16.7 Å². The molecule has 4 nitrogen and oxygen atoms in total. The first-order valence-corrected chi connectivity index (χ1v) is 4.80. The van der Waals surface area contributed by atoms with Crippen LogP contribution in [0.3, 0.4) is 0 Å². The zero-order chi connectivity index (χ0) is 10.6. The number of aromatic nitrogens is 2. The number of nitrogens with two attached hydrogens (primary N) is 1. The lowest BCUT2D eigenvalue weighted by Gasteiger charge is -2.17. The Balaban J connectivity index is 2.35. The van der Waals surface area contributed by atoms with Gasteiger partial charge in [-0.3, -0.25) is 0 Å². The molecule has 0 unspecified atom stereocenters. The van der Waals surface area contributed by atoms with E-state index >= 15 is 0 Å². The summed E-state index contributed by atoms with van der Waals surface area (Å²) < 4.78 is 0. The van der Waals surface area contributed by atoms with Gasteiger partial charge in [0.1, 0.15) is 11.6 Å². The summed E-state index contributed by atoms with van der Waals surface area (Å²) in [5, 5.41) is 10.9. The zero-order valence-corrected chi connectivity index (χ0v) is 9.04. The summed E-state index contributed by atoms with van der Waals surface area (Å²) in [6, 6.07) is 3.58. The largest absolute Gasteiger partial charge is 0.382 e. The predicted octanol–water partition coefficient (Wildman–Crippen LogP) is 1.91. The van der Waals surface area contributed by atoms with Crippen molar-refractivity contribution in [2.45, 2.75) is 27.2 Å². The number of nitrogens with one attached hydrogen (secondary N) is 1. The minimum atomic E-state index is 0.342. The van der Waals surface area contributed by atoms with E-state index < -0.39 is 0 Å². The summed E-state index contributed by atoms with van der Waals surface area (Å²) in [6.45, 7) is 7.54. The molecule has 0 radical (unpaired) electrons. The van der Waals surface area contributed by atoms with E-state index in [4.69, 9.17) is 5.73 Å². The highest BCUT2D eigenvalue weighted by Gasteiger charge is 2.08. The van der Waals surface area contributed by atoms with E-state index in [9.17, 15) is 0 Å². The molecule has 1 heterocycles. The van der Waals surface area contributed by atoms with E-state index in [2.05, 4.69) is 36.3 Å². The molecule has 0 atom stereocenters. The van der Waals surface area contributed by atoms with Crippen molar-refractivity contribution in [3.8, 4) is 0 Å². The maximum atomic E-state index is 5.42. The first-order valence-electron chi connectivity index (χ1n) is 4.80. The molecule has 0 aliphatic rings. The van der Waals surface area contributed by atoms with Gasteiger partial charge in [-0.05, 0) is 24.0 Å². The molecule has 1 rings (SSSR count). The van der Waals surface area contributed by atoms with Gasteiger partial charge in [0, 0.05) is 6.54 Å². The Kier molecular flexibility index (Phi) is 3.28. The second-order valence-electron chi connectivity index (χ2n) is 4.58. The fourth-order valence-corrected chi connectivity index (χ4v) is 1.00. The van der Waals surface area contributed by atoms with Gasteiger partial charge in [-0.15, -0.1) is 10.2 Å². The fraction of sp³-hybridized carbons (Fsp3) is 0.600. The normalized spacial score (nSPS) is 11.4. The van der Waals surface area contributed by atoms with Crippen molar-refractivity contribution >= 4 is 11.6 Å². The molecule has 3 N–H and O–H groups in total. The van der Waals surface area contributed by atoms with Crippen LogP contribution in [0.15, 0.2) is 12.1 Å². The summed E-state index contributed by atoms with van der Waals surface area (Å²) in [5.74, 6) is 1.23. The molecule has 0 saturated heterocycles. The van der Waals surface area contributed by atoms with Gasteiger partial charge in [0.05, 0.1) is 0 Å². The van der Waals surface area contributed by atoms with Crippen LogP contribution in [0.4, 0.5) is 11.6 Å². The van der Waals surface area contributed by atoms with Crippen molar-refractivity contribution in [1.29, 1.82) is 0 Å². The molecule has 78 valence electrons. The van der Waals surface area contributed by atoms with Crippen molar-refractivity contribution in [1.82, 2.24) is 10.2 Å². The third-order valence-corrected chi connectivity index (χ3v) is 1.87. The number of hydrogen-bond acceptors (Lipinski definition) is 4. The molecule has 4 heteroatoms. The van der Waals surface area contributed by atoms with Gasteiger partial charge >= 0.3 is 0 Å². The Bertz CT molecular complexity index is 273. The SMILES string of the molecule is CC(C)(C)CCNc1ccc(N)nn1. The maximum Gasteiger partial charge on any atom is 0.148 e. The molecular weight excluding hydrogens is 176 g/mol. The van der Waals surface area contributed by atoms with Gasteiger partial charge in [-0.25, -0.2) is 0 Å². The molecule has 0 amide bonds. The molecule has 0 aliphatic carbocycles. The van der Waals surface area contributed by atoms with Crippen molar-refractivity contribution in [2.24, 2.45) is 5.41 Å². The second kappa shape index (κ2) is 4.26. The van der Waals surface area contributed by atoms with Crippen LogP contribution < -0.4 is 11.1 Å². The molecule has 0 aliphatic heterocycles. The summed E-state index contributed by atoms with van der Waals surface area (Å²) in [4.78, 5) is 0. The number of nitrogen functional groups attached to an aromatic ring is 1. The highest BCUT2D eigenvalue weighted by atomic mass is 15.2. The van der Waals surface area contributed by atoms with Crippen molar-refractivity contribution in [2.75, 3.05) is 17.6 Å². The Morgan fingerprint density at radius 3 is 2.50 bits per heavy atom. The van der Waals surface area contributed by atoms with Gasteiger partial charge in [0.2, 0.25) is 0 Å². The van der Waals surface area contributed by atoms with E-state index in [0.29, 0.717) is 11.2 Å². The van der Waals surface area contributed by atoms with Crippen LogP contribution in [0.1, 0.15) is 27.2 Å². The monoisotopic (exact) mass is 194 g/mol. The molecule has 0 spiro atoms. The van der Waals surface area contributed by atoms with Gasteiger partial charge in [0.15, 0.2) is 0 Å². The topological polar surface area (TPSA) is 63.8 Å². The quantitative estimate of drug-likeness (QED) is 0.771. The highest BCUT2D eigenvalue weighted by molar-refractivity contribution is 5.38. The van der Waals surface area contributed by atoms with Gasteiger partial charge < -0.3 is 11.1 Å². The lowest BCUT2D eigenvalue weighted by atomic mass is 9.92. The zero-order valence-electron chi connectivity index (χ0n) is 9.04.